The smallest absolute Gasteiger partial charge is 0.323 e. The van der Waals surface area contributed by atoms with E-state index >= 15 is 0 Å². The minimum absolute atomic E-state index is 0.0648. The fourth-order valence-electron chi connectivity index (χ4n) is 1.79. The topological polar surface area (TPSA) is 114 Å². The molecule has 1 aliphatic rings. The zero-order valence-corrected chi connectivity index (χ0v) is 10.9. The van der Waals surface area contributed by atoms with Crippen LogP contribution >= 0.6 is 11.6 Å². The number of amides is 1. The summed E-state index contributed by atoms with van der Waals surface area (Å²) in [5.41, 5.74) is -0.737. The molecule has 0 atom stereocenters. The highest BCUT2D eigenvalue weighted by molar-refractivity contribution is 6.29. The lowest BCUT2D eigenvalue weighted by atomic mass is 10.2. The Morgan fingerprint density at radius 1 is 1.55 bits per heavy atom. The van der Waals surface area contributed by atoms with E-state index in [4.69, 9.17) is 16.7 Å². The number of aliphatic carboxylic acids is 1. The fraction of sp³-hybridized carbons (Fsp3) is 0.364. The lowest BCUT2D eigenvalue weighted by molar-refractivity contribution is -0.385. The Morgan fingerprint density at radius 3 is 2.70 bits per heavy atom. The molecule has 0 unspecified atom stereocenters. The Bertz CT molecular complexity index is 587. The Morgan fingerprint density at radius 2 is 2.20 bits per heavy atom. The van der Waals surface area contributed by atoms with Gasteiger partial charge >= 0.3 is 5.97 Å². The van der Waals surface area contributed by atoms with Gasteiger partial charge in [-0.1, -0.05) is 11.6 Å². The second-order valence-corrected chi connectivity index (χ2v) is 4.73. The number of nitrogens with zero attached hydrogens (tertiary/aromatic N) is 3. The van der Waals surface area contributed by atoms with Crippen LogP contribution in [0.2, 0.25) is 5.15 Å². The highest BCUT2D eigenvalue weighted by atomic mass is 35.5. The van der Waals surface area contributed by atoms with Crippen molar-refractivity contribution in [3.63, 3.8) is 0 Å². The molecule has 0 bridgehead atoms. The fourth-order valence-corrected chi connectivity index (χ4v) is 1.95. The molecule has 0 aromatic carbocycles. The zero-order chi connectivity index (χ0) is 14.9. The van der Waals surface area contributed by atoms with Gasteiger partial charge in [0.25, 0.3) is 11.6 Å². The van der Waals surface area contributed by atoms with Gasteiger partial charge in [-0.25, -0.2) is 4.98 Å². The van der Waals surface area contributed by atoms with Crippen LogP contribution in [0.25, 0.3) is 0 Å². The van der Waals surface area contributed by atoms with Crippen LogP contribution in [0.15, 0.2) is 12.3 Å². The zero-order valence-electron chi connectivity index (χ0n) is 10.2. The van der Waals surface area contributed by atoms with Gasteiger partial charge in [0.05, 0.1) is 4.92 Å². The quantitative estimate of drug-likeness (QED) is 0.498. The van der Waals surface area contributed by atoms with E-state index in [0.29, 0.717) is 12.8 Å². The number of halogens is 1. The van der Waals surface area contributed by atoms with Gasteiger partial charge in [-0.3, -0.25) is 19.7 Å². The monoisotopic (exact) mass is 299 g/mol. The number of carbonyl (C=O) groups excluding carboxylic acids is 1. The lowest BCUT2D eigenvalue weighted by Gasteiger charge is -2.20. The lowest BCUT2D eigenvalue weighted by Crippen LogP contribution is -2.37. The SMILES string of the molecule is O=C(O)CN(C(=O)c1cc(Cl)ncc1[N+](=O)[O-])C1CC1. The Kier molecular flexibility index (Phi) is 3.84. The first kappa shape index (κ1) is 14.2. The van der Waals surface area contributed by atoms with Crippen molar-refractivity contribution in [3.8, 4) is 0 Å². The standard InChI is InChI=1S/C11H10ClN3O5/c12-9-3-7(8(4-13-9)15(19)20)11(18)14(5-10(16)17)6-1-2-6/h3-4,6H,1-2,5H2,(H,16,17). The van der Waals surface area contributed by atoms with Crippen LogP contribution < -0.4 is 0 Å². The van der Waals surface area contributed by atoms with Crippen LogP contribution in [0.1, 0.15) is 23.2 Å². The van der Waals surface area contributed by atoms with Crippen LogP contribution in [-0.4, -0.2) is 44.4 Å². The summed E-state index contributed by atoms with van der Waals surface area (Å²) in [4.78, 5) is 37.9. The van der Waals surface area contributed by atoms with E-state index < -0.39 is 29.0 Å². The summed E-state index contributed by atoms with van der Waals surface area (Å²) in [6, 6.07) is 0.893. The first-order valence-electron chi connectivity index (χ1n) is 5.73. The van der Waals surface area contributed by atoms with Crippen molar-refractivity contribution in [3.05, 3.63) is 33.1 Å². The summed E-state index contributed by atoms with van der Waals surface area (Å²) in [7, 11) is 0. The average molecular weight is 300 g/mol. The van der Waals surface area contributed by atoms with Crippen LogP contribution in [0, 0.1) is 10.1 Å². The Balaban J connectivity index is 2.37. The maximum absolute atomic E-state index is 12.3. The van der Waals surface area contributed by atoms with Gasteiger partial charge in [0.15, 0.2) is 0 Å². The van der Waals surface area contributed by atoms with E-state index in [9.17, 15) is 19.7 Å². The molecule has 1 aromatic heterocycles. The summed E-state index contributed by atoms with van der Waals surface area (Å²) in [6.45, 7) is -0.499. The second-order valence-electron chi connectivity index (χ2n) is 4.34. The molecule has 1 N–H and O–H groups in total. The Hall–Kier alpha value is -2.22. The maximum Gasteiger partial charge on any atom is 0.323 e. The molecular weight excluding hydrogens is 290 g/mol. The number of carbonyl (C=O) groups is 2. The van der Waals surface area contributed by atoms with Crippen molar-refractivity contribution in [1.29, 1.82) is 0 Å². The molecule has 1 heterocycles. The molecule has 0 spiro atoms. The van der Waals surface area contributed by atoms with Crippen molar-refractivity contribution < 1.29 is 19.6 Å². The number of nitro groups is 1. The molecule has 0 aliphatic heterocycles. The van der Waals surface area contributed by atoms with E-state index in [2.05, 4.69) is 4.98 Å². The van der Waals surface area contributed by atoms with Crippen LogP contribution in [0.5, 0.6) is 0 Å². The molecule has 1 amide bonds. The molecule has 0 saturated heterocycles. The number of carboxylic acids is 1. The van der Waals surface area contributed by atoms with Gasteiger partial charge in [-0.05, 0) is 18.9 Å². The van der Waals surface area contributed by atoms with Gasteiger partial charge in [-0.2, -0.15) is 0 Å². The molecule has 106 valence electrons. The minimum atomic E-state index is -1.17. The molecule has 1 aliphatic carbocycles. The summed E-state index contributed by atoms with van der Waals surface area (Å²) in [5.74, 6) is -1.89. The van der Waals surface area contributed by atoms with Crippen molar-refractivity contribution >= 4 is 29.2 Å². The molecule has 9 heteroatoms. The normalized spacial score (nSPS) is 13.8. The molecule has 1 saturated carbocycles. The first-order chi connectivity index (χ1) is 9.40. The summed E-state index contributed by atoms with van der Waals surface area (Å²) in [6.07, 6.45) is 2.26. The van der Waals surface area contributed by atoms with Gasteiger partial charge in [0.2, 0.25) is 0 Å². The van der Waals surface area contributed by atoms with Crippen LogP contribution in [0.3, 0.4) is 0 Å². The third kappa shape index (κ3) is 3.02. The number of aromatic nitrogens is 1. The molecule has 1 aromatic rings. The number of hydrogen-bond donors (Lipinski definition) is 1. The molecule has 8 nitrogen and oxygen atoms in total. The van der Waals surface area contributed by atoms with Crippen molar-refractivity contribution in [2.45, 2.75) is 18.9 Å². The van der Waals surface area contributed by atoms with E-state index in [1.807, 2.05) is 0 Å². The summed E-state index contributed by atoms with van der Waals surface area (Å²) < 4.78 is 0. The number of rotatable bonds is 5. The van der Waals surface area contributed by atoms with Crippen molar-refractivity contribution in [2.75, 3.05) is 6.54 Å². The largest absolute Gasteiger partial charge is 0.480 e. The molecular formula is C11H10ClN3O5. The molecule has 20 heavy (non-hydrogen) atoms. The summed E-state index contributed by atoms with van der Waals surface area (Å²) in [5, 5.41) is 19.7. The van der Waals surface area contributed by atoms with Gasteiger partial charge in [0, 0.05) is 6.04 Å². The third-order valence-electron chi connectivity index (χ3n) is 2.83. The van der Waals surface area contributed by atoms with Crippen LogP contribution in [-0.2, 0) is 4.79 Å². The van der Waals surface area contributed by atoms with E-state index in [1.165, 1.54) is 0 Å². The molecule has 0 radical (unpaired) electrons. The van der Waals surface area contributed by atoms with E-state index in [0.717, 1.165) is 17.2 Å². The highest BCUT2D eigenvalue weighted by Gasteiger charge is 2.36. The summed E-state index contributed by atoms with van der Waals surface area (Å²) >= 11 is 5.65. The second kappa shape index (κ2) is 5.41. The van der Waals surface area contributed by atoms with E-state index in [1.54, 1.807) is 0 Å². The van der Waals surface area contributed by atoms with E-state index in [-0.39, 0.29) is 16.8 Å². The Labute approximate surface area is 118 Å². The van der Waals surface area contributed by atoms with Crippen molar-refractivity contribution in [1.82, 2.24) is 9.88 Å². The average Bonchev–Trinajstić information content (AvgIpc) is 3.18. The molecule has 2 rings (SSSR count). The number of hydrogen-bond acceptors (Lipinski definition) is 5. The van der Waals surface area contributed by atoms with Crippen LogP contribution in [0.4, 0.5) is 5.69 Å². The van der Waals surface area contributed by atoms with Gasteiger partial charge in [0.1, 0.15) is 23.5 Å². The predicted octanol–water partition coefficient (Wildman–Crippen LogP) is 1.33. The maximum atomic E-state index is 12.3. The minimum Gasteiger partial charge on any atom is -0.480 e. The molecule has 1 fully saturated rings. The first-order valence-corrected chi connectivity index (χ1v) is 6.10. The van der Waals surface area contributed by atoms with Gasteiger partial charge in [-0.15, -0.1) is 0 Å². The predicted molar refractivity (Wildman–Crippen MR) is 67.6 cm³/mol. The number of pyridine rings is 1. The number of carboxylic acid groups (broad SMARTS) is 1. The highest BCUT2D eigenvalue weighted by Crippen LogP contribution is 2.30. The third-order valence-corrected chi connectivity index (χ3v) is 3.04. The van der Waals surface area contributed by atoms with Crippen molar-refractivity contribution in [2.24, 2.45) is 0 Å². The van der Waals surface area contributed by atoms with Gasteiger partial charge < -0.3 is 10.0 Å².